The van der Waals surface area contributed by atoms with E-state index in [0.29, 0.717) is 6.54 Å². The molecule has 0 heterocycles. The second-order valence-corrected chi connectivity index (χ2v) is 3.78. The van der Waals surface area contributed by atoms with Crippen LogP contribution in [-0.4, -0.2) is 17.8 Å². The molecule has 0 saturated heterocycles. The van der Waals surface area contributed by atoms with Crippen LogP contribution in [0.2, 0.25) is 0 Å². The van der Waals surface area contributed by atoms with Gasteiger partial charge in [-0.1, -0.05) is 13.8 Å². The van der Waals surface area contributed by atoms with Crippen LogP contribution in [0.4, 0.5) is 0 Å². The molecule has 2 nitrogen and oxygen atoms in total. The van der Waals surface area contributed by atoms with Gasteiger partial charge in [-0.25, -0.2) is 0 Å². The number of carbonyl (C=O) groups excluding carboxylic acids is 1. The summed E-state index contributed by atoms with van der Waals surface area (Å²) in [7, 11) is 0. The van der Waals surface area contributed by atoms with Gasteiger partial charge in [0.2, 0.25) is 5.91 Å². The van der Waals surface area contributed by atoms with Crippen LogP contribution in [0.25, 0.3) is 0 Å². The largest absolute Gasteiger partial charge is 0.354 e. The first-order chi connectivity index (χ1) is 5.61. The summed E-state index contributed by atoms with van der Waals surface area (Å²) >= 11 is 5.70. The number of rotatable bonds is 5. The molecule has 12 heavy (non-hydrogen) atoms. The lowest BCUT2D eigenvalue weighted by atomic mass is 10.0. The number of carbonyl (C=O) groups is 1. The molecule has 0 aliphatic heterocycles. The van der Waals surface area contributed by atoms with Crippen LogP contribution in [0.5, 0.6) is 0 Å². The van der Waals surface area contributed by atoms with E-state index in [1.165, 1.54) is 0 Å². The molecule has 0 aromatic heterocycles. The van der Waals surface area contributed by atoms with Crippen LogP contribution in [0.3, 0.4) is 0 Å². The molecule has 0 rings (SSSR count). The van der Waals surface area contributed by atoms with E-state index in [0.717, 1.165) is 12.8 Å². The Morgan fingerprint density at radius 2 is 1.92 bits per heavy atom. The summed E-state index contributed by atoms with van der Waals surface area (Å²) in [4.78, 5) is 11.3. The Labute approximate surface area is 79.7 Å². The van der Waals surface area contributed by atoms with Crippen molar-refractivity contribution in [2.75, 3.05) is 6.54 Å². The first-order valence-corrected chi connectivity index (χ1v) is 4.97. The predicted octanol–water partition coefficient (Wildman–Crippen LogP) is 2.17. The van der Waals surface area contributed by atoms with Gasteiger partial charge in [-0.2, -0.15) is 0 Å². The summed E-state index contributed by atoms with van der Waals surface area (Å²) in [6.07, 6.45) is 1.80. The number of hydrogen-bond donors (Lipinski definition) is 1. The van der Waals surface area contributed by atoms with Gasteiger partial charge in [0.25, 0.3) is 0 Å². The van der Waals surface area contributed by atoms with Crippen molar-refractivity contribution in [3.63, 3.8) is 0 Å². The van der Waals surface area contributed by atoms with Crippen molar-refractivity contribution in [2.24, 2.45) is 5.92 Å². The zero-order valence-electron chi connectivity index (χ0n) is 8.06. The minimum Gasteiger partial charge on any atom is -0.354 e. The van der Waals surface area contributed by atoms with Crippen LogP contribution in [0.1, 0.15) is 33.6 Å². The van der Waals surface area contributed by atoms with Gasteiger partial charge in [-0.15, -0.1) is 11.6 Å². The average Bonchev–Trinajstić information content (AvgIpc) is 2.03. The molecule has 0 fully saturated rings. The summed E-state index contributed by atoms with van der Waals surface area (Å²) in [5.74, 6) is 0.285. The van der Waals surface area contributed by atoms with Crippen LogP contribution in [-0.2, 0) is 4.79 Å². The average molecular weight is 192 g/mol. The predicted molar refractivity (Wildman–Crippen MR) is 52.4 cm³/mol. The van der Waals surface area contributed by atoms with Gasteiger partial charge in [0.15, 0.2) is 0 Å². The highest BCUT2D eigenvalue weighted by Gasteiger charge is 2.13. The van der Waals surface area contributed by atoms with Crippen molar-refractivity contribution in [3.05, 3.63) is 0 Å². The van der Waals surface area contributed by atoms with E-state index in [1.807, 2.05) is 20.8 Å². The van der Waals surface area contributed by atoms with Crippen LogP contribution < -0.4 is 5.32 Å². The van der Waals surface area contributed by atoms with Crippen molar-refractivity contribution in [3.8, 4) is 0 Å². The zero-order valence-corrected chi connectivity index (χ0v) is 8.82. The molecular formula is C9H18ClNO. The fraction of sp³-hybridized carbons (Fsp3) is 0.889. The highest BCUT2D eigenvalue weighted by Crippen LogP contribution is 2.06. The van der Waals surface area contributed by atoms with Gasteiger partial charge < -0.3 is 5.32 Å². The highest BCUT2D eigenvalue weighted by atomic mass is 35.5. The van der Waals surface area contributed by atoms with Gasteiger partial charge >= 0.3 is 0 Å². The van der Waals surface area contributed by atoms with Crippen LogP contribution >= 0.6 is 11.6 Å². The Bertz CT molecular complexity index is 132. The Morgan fingerprint density at radius 3 is 2.25 bits per heavy atom. The SMILES string of the molecule is CCC(CC)C(=O)NCC(C)Cl. The first-order valence-electron chi connectivity index (χ1n) is 4.53. The van der Waals surface area contributed by atoms with Gasteiger partial charge in [0, 0.05) is 17.8 Å². The fourth-order valence-electron chi connectivity index (χ4n) is 1.05. The summed E-state index contributed by atoms with van der Waals surface area (Å²) in [5, 5.41) is 2.83. The molecule has 0 spiro atoms. The lowest BCUT2D eigenvalue weighted by Gasteiger charge is -2.13. The molecule has 72 valence electrons. The van der Waals surface area contributed by atoms with E-state index in [1.54, 1.807) is 0 Å². The standard InChI is InChI=1S/C9H18ClNO/c1-4-8(5-2)9(12)11-6-7(3)10/h7-8H,4-6H2,1-3H3,(H,11,12). The first kappa shape index (κ1) is 11.8. The Hall–Kier alpha value is -0.240. The summed E-state index contributed by atoms with van der Waals surface area (Å²) < 4.78 is 0. The highest BCUT2D eigenvalue weighted by molar-refractivity contribution is 6.20. The van der Waals surface area contributed by atoms with Crippen molar-refractivity contribution in [1.29, 1.82) is 0 Å². The molecule has 0 bridgehead atoms. The zero-order chi connectivity index (χ0) is 9.56. The normalized spacial score (nSPS) is 13.1. The molecule has 0 aliphatic rings. The van der Waals surface area contributed by atoms with Crippen molar-refractivity contribution in [2.45, 2.75) is 39.0 Å². The molecule has 1 atom stereocenters. The van der Waals surface area contributed by atoms with E-state index in [9.17, 15) is 4.79 Å². The second-order valence-electron chi connectivity index (χ2n) is 3.04. The van der Waals surface area contributed by atoms with Gasteiger partial charge in [0.1, 0.15) is 0 Å². The summed E-state index contributed by atoms with van der Waals surface area (Å²) in [6.45, 7) is 6.49. The minimum absolute atomic E-state index is 0.0170. The second kappa shape index (κ2) is 6.30. The minimum atomic E-state index is 0.0170. The number of halogens is 1. The maximum Gasteiger partial charge on any atom is 0.223 e. The number of hydrogen-bond acceptors (Lipinski definition) is 1. The molecule has 0 radical (unpaired) electrons. The molecule has 0 aromatic rings. The van der Waals surface area contributed by atoms with Gasteiger partial charge in [0.05, 0.1) is 0 Å². The molecular weight excluding hydrogens is 174 g/mol. The molecule has 3 heteroatoms. The Kier molecular flexibility index (Phi) is 6.17. The molecule has 1 amide bonds. The smallest absolute Gasteiger partial charge is 0.223 e. The van der Waals surface area contributed by atoms with E-state index in [2.05, 4.69) is 5.32 Å². The lowest BCUT2D eigenvalue weighted by molar-refractivity contribution is -0.125. The van der Waals surface area contributed by atoms with E-state index in [4.69, 9.17) is 11.6 Å². The summed E-state index contributed by atoms with van der Waals surface area (Å²) in [6, 6.07) is 0. The van der Waals surface area contributed by atoms with Crippen molar-refractivity contribution >= 4 is 17.5 Å². The number of alkyl halides is 1. The van der Waals surface area contributed by atoms with E-state index in [-0.39, 0.29) is 17.2 Å². The summed E-state index contributed by atoms with van der Waals surface area (Å²) in [5.41, 5.74) is 0. The third-order valence-electron chi connectivity index (χ3n) is 1.91. The van der Waals surface area contributed by atoms with Crippen molar-refractivity contribution in [1.82, 2.24) is 5.32 Å². The topological polar surface area (TPSA) is 29.1 Å². The quantitative estimate of drug-likeness (QED) is 0.664. The van der Waals surface area contributed by atoms with Gasteiger partial charge in [-0.3, -0.25) is 4.79 Å². The molecule has 0 aromatic carbocycles. The van der Waals surface area contributed by atoms with Crippen LogP contribution in [0, 0.1) is 5.92 Å². The lowest BCUT2D eigenvalue weighted by Crippen LogP contribution is -2.33. The molecule has 1 N–H and O–H groups in total. The van der Waals surface area contributed by atoms with E-state index >= 15 is 0 Å². The monoisotopic (exact) mass is 191 g/mol. The number of amides is 1. The third kappa shape index (κ3) is 4.60. The van der Waals surface area contributed by atoms with Crippen LogP contribution in [0.15, 0.2) is 0 Å². The fourth-order valence-corrected chi connectivity index (χ4v) is 1.12. The number of nitrogens with one attached hydrogen (secondary N) is 1. The Balaban J connectivity index is 3.69. The molecule has 0 saturated carbocycles. The third-order valence-corrected chi connectivity index (χ3v) is 2.07. The van der Waals surface area contributed by atoms with Crippen molar-refractivity contribution < 1.29 is 4.79 Å². The van der Waals surface area contributed by atoms with Gasteiger partial charge in [-0.05, 0) is 19.8 Å². The Morgan fingerprint density at radius 1 is 1.42 bits per heavy atom. The maximum atomic E-state index is 11.3. The molecule has 1 unspecified atom stereocenters. The van der Waals surface area contributed by atoms with E-state index < -0.39 is 0 Å². The molecule has 0 aliphatic carbocycles. The maximum absolute atomic E-state index is 11.3.